The zero-order chi connectivity index (χ0) is 20.8. The molecule has 2 aromatic carbocycles. The van der Waals surface area contributed by atoms with Crippen molar-refractivity contribution in [1.82, 2.24) is 5.32 Å². The number of anilines is 1. The number of primary amides is 1. The van der Waals surface area contributed by atoms with E-state index in [0.29, 0.717) is 28.1 Å². The number of nitrogens with one attached hydrogen (secondary N) is 2. The molecular formula is C20H23N3O5. The van der Waals surface area contributed by atoms with Crippen LogP contribution in [0.4, 0.5) is 10.5 Å². The highest BCUT2D eigenvalue weighted by Crippen LogP contribution is 2.25. The first kappa shape index (κ1) is 20.8. The van der Waals surface area contributed by atoms with Gasteiger partial charge in [0.15, 0.2) is 6.61 Å². The zero-order valence-corrected chi connectivity index (χ0v) is 15.9. The second-order valence-electron chi connectivity index (χ2n) is 6.43. The fourth-order valence-electron chi connectivity index (χ4n) is 2.80. The number of amides is 3. The van der Waals surface area contributed by atoms with Crippen LogP contribution in [0.15, 0.2) is 36.4 Å². The van der Waals surface area contributed by atoms with E-state index in [1.165, 1.54) is 0 Å². The van der Waals surface area contributed by atoms with Crippen LogP contribution in [0.2, 0.25) is 0 Å². The van der Waals surface area contributed by atoms with Crippen molar-refractivity contribution in [2.75, 3.05) is 11.9 Å². The average Bonchev–Trinajstić information content (AvgIpc) is 2.60. The number of urea groups is 1. The molecular weight excluding hydrogens is 362 g/mol. The van der Waals surface area contributed by atoms with Crippen LogP contribution in [0.25, 0.3) is 0 Å². The van der Waals surface area contributed by atoms with E-state index in [9.17, 15) is 14.4 Å². The number of hydrogen-bond donors (Lipinski definition) is 4. The Bertz CT molecular complexity index is 870. The number of carbonyl (C=O) groups excluding carboxylic acids is 2. The molecule has 0 heterocycles. The highest BCUT2D eigenvalue weighted by atomic mass is 16.5. The molecule has 0 saturated carbocycles. The molecule has 8 nitrogen and oxygen atoms in total. The molecule has 2 rings (SSSR count). The third kappa shape index (κ3) is 5.47. The second kappa shape index (κ2) is 8.90. The number of aliphatic carboxylic acids is 1. The minimum Gasteiger partial charge on any atom is -0.481 e. The largest absolute Gasteiger partial charge is 0.481 e. The molecule has 8 heteroatoms. The minimum absolute atomic E-state index is 0.261. The lowest BCUT2D eigenvalue weighted by molar-refractivity contribution is -0.139. The Kier molecular flexibility index (Phi) is 6.59. The first-order valence-electron chi connectivity index (χ1n) is 8.60. The zero-order valence-electron chi connectivity index (χ0n) is 15.9. The number of ether oxygens (including phenoxy) is 1. The van der Waals surface area contributed by atoms with E-state index >= 15 is 0 Å². The van der Waals surface area contributed by atoms with E-state index in [-0.39, 0.29) is 11.9 Å². The van der Waals surface area contributed by atoms with Crippen LogP contribution in [-0.2, 0) is 4.79 Å². The maximum atomic E-state index is 12.6. The molecule has 0 bridgehead atoms. The van der Waals surface area contributed by atoms with E-state index in [4.69, 9.17) is 15.6 Å². The molecule has 1 unspecified atom stereocenters. The van der Waals surface area contributed by atoms with Crippen molar-refractivity contribution >= 4 is 23.6 Å². The van der Waals surface area contributed by atoms with Gasteiger partial charge in [-0.05, 0) is 61.7 Å². The topological polar surface area (TPSA) is 131 Å². The predicted octanol–water partition coefficient (Wildman–Crippen LogP) is 2.75. The Morgan fingerprint density at radius 3 is 2.18 bits per heavy atom. The normalized spacial score (nSPS) is 11.4. The molecule has 0 radical (unpaired) electrons. The van der Waals surface area contributed by atoms with E-state index < -0.39 is 18.6 Å². The van der Waals surface area contributed by atoms with Gasteiger partial charge in [0.1, 0.15) is 5.75 Å². The van der Waals surface area contributed by atoms with Crippen LogP contribution in [0.3, 0.4) is 0 Å². The summed E-state index contributed by atoms with van der Waals surface area (Å²) in [5.74, 6) is -0.862. The van der Waals surface area contributed by atoms with Gasteiger partial charge in [-0.25, -0.2) is 9.59 Å². The first-order chi connectivity index (χ1) is 13.2. The van der Waals surface area contributed by atoms with Crippen molar-refractivity contribution in [3.63, 3.8) is 0 Å². The van der Waals surface area contributed by atoms with E-state index in [0.717, 1.165) is 5.56 Å². The summed E-state index contributed by atoms with van der Waals surface area (Å²) < 4.78 is 5.28. The summed E-state index contributed by atoms with van der Waals surface area (Å²) in [5, 5.41) is 14.1. The number of rotatable bonds is 7. The average molecular weight is 385 g/mol. The number of hydrogen-bond acceptors (Lipinski definition) is 4. The number of aryl methyl sites for hydroxylation is 2. The quantitative estimate of drug-likeness (QED) is 0.582. The number of benzene rings is 2. The van der Waals surface area contributed by atoms with E-state index in [1.54, 1.807) is 50.2 Å². The van der Waals surface area contributed by atoms with Crippen molar-refractivity contribution in [1.29, 1.82) is 0 Å². The molecule has 0 fully saturated rings. The molecule has 0 spiro atoms. The Labute approximate surface area is 162 Å². The van der Waals surface area contributed by atoms with Crippen molar-refractivity contribution in [3.05, 3.63) is 58.7 Å². The third-order valence-corrected chi connectivity index (χ3v) is 4.09. The maximum absolute atomic E-state index is 12.6. The summed E-state index contributed by atoms with van der Waals surface area (Å²) >= 11 is 0. The predicted molar refractivity (Wildman–Crippen MR) is 105 cm³/mol. The molecule has 2 aromatic rings. The fraction of sp³-hybridized carbons (Fsp3) is 0.250. The number of nitrogens with two attached hydrogens (primary N) is 1. The molecule has 0 aliphatic heterocycles. The smallest absolute Gasteiger partial charge is 0.341 e. The molecule has 5 N–H and O–H groups in total. The summed E-state index contributed by atoms with van der Waals surface area (Å²) in [6.45, 7) is 4.92. The molecule has 148 valence electrons. The van der Waals surface area contributed by atoms with Gasteiger partial charge in [-0.2, -0.15) is 0 Å². The van der Waals surface area contributed by atoms with E-state index in [1.807, 2.05) is 6.92 Å². The van der Waals surface area contributed by atoms with Crippen LogP contribution >= 0.6 is 0 Å². The van der Waals surface area contributed by atoms with Crippen molar-refractivity contribution < 1.29 is 24.2 Å². The second-order valence-corrected chi connectivity index (χ2v) is 6.43. The van der Waals surface area contributed by atoms with Crippen LogP contribution in [0, 0.1) is 13.8 Å². The van der Waals surface area contributed by atoms with Crippen LogP contribution in [0.5, 0.6) is 5.75 Å². The van der Waals surface area contributed by atoms with Gasteiger partial charge in [0.2, 0.25) is 0 Å². The Balaban J connectivity index is 2.09. The van der Waals surface area contributed by atoms with Gasteiger partial charge in [-0.1, -0.05) is 12.1 Å². The van der Waals surface area contributed by atoms with Crippen molar-refractivity contribution in [2.45, 2.75) is 26.8 Å². The molecule has 3 amide bonds. The van der Waals surface area contributed by atoms with Gasteiger partial charge < -0.3 is 26.2 Å². The van der Waals surface area contributed by atoms with Gasteiger partial charge in [0.25, 0.3) is 5.91 Å². The van der Waals surface area contributed by atoms with Crippen LogP contribution in [-0.4, -0.2) is 29.6 Å². The lowest BCUT2D eigenvalue weighted by atomic mass is 10.0. The van der Waals surface area contributed by atoms with Crippen LogP contribution in [0.1, 0.15) is 40.0 Å². The van der Waals surface area contributed by atoms with Gasteiger partial charge >= 0.3 is 12.0 Å². The number of carbonyl (C=O) groups is 3. The monoisotopic (exact) mass is 385 g/mol. The summed E-state index contributed by atoms with van der Waals surface area (Å²) in [5.41, 5.74) is 8.32. The van der Waals surface area contributed by atoms with Crippen molar-refractivity contribution in [3.8, 4) is 5.75 Å². The summed E-state index contributed by atoms with van der Waals surface area (Å²) in [6, 6.07) is 9.38. The number of carboxylic acids is 1. The van der Waals surface area contributed by atoms with Crippen LogP contribution < -0.4 is 21.1 Å². The summed E-state index contributed by atoms with van der Waals surface area (Å²) in [7, 11) is 0. The SMILES string of the molecule is Cc1cc(C(=O)NC(C)c2ccc(NC(N)=O)cc2)cc(C)c1OCC(=O)O. The van der Waals surface area contributed by atoms with Gasteiger partial charge in [0, 0.05) is 11.3 Å². The summed E-state index contributed by atoms with van der Waals surface area (Å²) in [6.07, 6.45) is 0. The lowest BCUT2D eigenvalue weighted by Crippen LogP contribution is -2.27. The third-order valence-electron chi connectivity index (χ3n) is 4.09. The van der Waals surface area contributed by atoms with E-state index in [2.05, 4.69) is 10.6 Å². The Morgan fingerprint density at radius 1 is 1.11 bits per heavy atom. The van der Waals surface area contributed by atoms with Gasteiger partial charge in [-0.3, -0.25) is 4.79 Å². The van der Waals surface area contributed by atoms with Gasteiger partial charge in [0.05, 0.1) is 6.04 Å². The highest BCUT2D eigenvalue weighted by molar-refractivity contribution is 5.95. The molecule has 0 aliphatic carbocycles. The Morgan fingerprint density at radius 2 is 1.68 bits per heavy atom. The maximum Gasteiger partial charge on any atom is 0.341 e. The number of carboxylic acid groups (broad SMARTS) is 1. The molecule has 0 aromatic heterocycles. The molecule has 1 atom stereocenters. The molecule has 0 aliphatic rings. The first-order valence-corrected chi connectivity index (χ1v) is 8.60. The highest BCUT2D eigenvalue weighted by Gasteiger charge is 2.15. The Hall–Kier alpha value is -3.55. The fourth-order valence-corrected chi connectivity index (χ4v) is 2.80. The minimum atomic E-state index is -1.06. The molecule has 28 heavy (non-hydrogen) atoms. The summed E-state index contributed by atoms with van der Waals surface area (Å²) in [4.78, 5) is 34.1. The standard InChI is InChI=1S/C20H23N3O5/c1-11-8-15(9-12(2)18(11)28-10-17(24)25)19(26)22-13(3)14-4-6-16(7-5-14)23-20(21)27/h4-9,13H,10H2,1-3H3,(H,22,26)(H,24,25)(H3,21,23,27). The van der Waals surface area contributed by atoms with Crippen molar-refractivity contribution in [2.24, 2.45) is 5.73 Å². The lowest BCUT2D eigenvalue weighted by Gasteiger charge is -2.17. The van der Waals surface area contributed by atoms with Gasteiger partial charge in [-0.15, -0.1) is 0 Å². The molecule has 0 saturated heterocycles.